The number of anilines is 2. The highest BCUT2D eigenvalue weighted by Gasteiger charge is 2.19. The minimum absolute atomic E-state index is 0.249. The van der Waals surface area contributed by atoms with Crippen molar-refractivity contribution >= 4 is 17.2 Å². The highest BCUT2D eigenvalue weighted by atomic mass is 16.6. The largest absolute Gasteiger partial charge is 0.497 e. The van der Waals surface area contributed by atoms with Crippen molar-refractivity contribution in [3.63, 3.8) is 0 Å². The number of nitro groups is 1. The number of pyridine rings is 1. The maximum Gasteiger partial charge on any atom is 0.305 e. The fraction of sp³-hybridized carbons (Fsp3) is 0.200. The number of nitriles is 1. The predicted molar refractivity (Wildman–Crippen MR) is 83.2 cm³/mol. The zero-order valence-corrected chi connectivity index (χ0v) is 12.8. The first kappa shape index (κ1) is 16.0. The molecule has 2 aromatic rings. The number of hydrogen-bond acceptors (Lipinski definition) is 7. The minimum Gasteiger partial charge on any atom is -0.497 e. The third kappa shape index (κ3) is 3.13. The van der Waals surface area contributed by atoms with Crippen molar-refractivity contribution in [3.8, 4) is 17.6 Å². The zero-order chi connectivity index (χ0) is 17.0. The quantitative estimate of drug-likeness (QED) is 0.617. The van der Waals surface area contributed by atoms with E-state index >= 15 is 0 Å². The van der Waals surface area contributed by atoms with E-state index in [-0.39, 0.29) is 11.4 Å². The fourth-order valence-electron chi connectivity index (χ4n) is 2.04. The number of hydrogen-bond donors (Lipinski definition) is 0. The molecular formula is C15H14N4O4. The molecule has 0 N–H and O–H groups in total. The second-order valence-electron chi connectivity index (χ2n) is 4.50. The van der Waals surface area contributed by atoms with Crippen molar-refractivity contribution in [1.82, 2.24) is 4.98 Å². The Morgan fingerprint density at radius 1 is 1.26 bits per heavy atom. The summed E-state index contributed by atoms with van der Waals surface area (Å²) in [5, 5.41) is 19.9. The summed E-state index contributed by atoms with van der Waals surface area (Å²) < 4.78 is 10.5. The molecule has 0 bridgehead atoms. The van der Waals surface area contributed by atoms with Crippen LogP contribution in [0, 0.1) is 21.4 Å². The molecule has 8 nitrogen and oxygen atoms in total. The van der Waals surface area contributed by atoms with Gasteiger partial charge >= 0.3 is 5.69 Å². The van der Waals surface area contributed by atoms with E-state index in [0.29, 0.717) is 23.0 Å². The summed E-state index contributed by atoms with van der Waals surface area (Å²) in [7, 11) is 4.79. The summed E-state index contributed by atoms with van der Waals surface area (Å²) in [4.78, 5) is 15.9. The van der Waals surface area contributed by atoms with Crippen molar-refractivity contribution < 1.29 is 14.4 Å². The molecule has 0 unspecified atom stereocenters. The third-order valence-electron chi connectivity index (χ3n) is 3.25. The van der Waals surface area contributed by atoms with E-state index in [4.69, 9.17) is 14.7 Å². The van der Waals surface area contributed by atoms with Crippen LogP contribution in [0.15, 0.2) is 30.3 Å². The Morgan fingerprint density at radius 3 is 2.57 bits per heavy atom. The molecule has 0 amide bonds. The molecule has 23 heavy (non-hydrogen) atoms. The van der Waals surface area contributed by atoms with Crippen molar-refractivity contribution in [1.29, 1.82) is 5.26 Å². The summed E-state index contributed by atoms with van der Waals surface area (Å²) in [5.74, 6) is 1.57. The number of rotatable bonds is 5. The number of benzene rings is 1. The Morgan fingerprint density at radius 2 is 2.00 bits per heavy atom. The van der Waals surface area contributed by atoms with Crippen LogP contribution < -0.4 is 14.4 Å². The topological polar surface area (TPSA) is 102 Å². The van der Waals surface area contributed by atoms with Crippen molar-refractivity contribution in [2.75, 3.05) is 26.2 Å². The van der Waals surface area contributed by atoms with Crippen molar-refractivity contribution in [3.05, 3.63) is 46.1 Å². The number of methoxy groups -OCH3 is 2. The van der Waals surface area contributed by atoms with E-state index in [1.165, 1.54) is 19.2 Å². The smallest absolute Gasteiger partial charge is 0.305 e. The van der Waals surface area contributed by atoms with E-state index < -0.39 is 4.92 Å². The molecule has 0 saturated heterocycles. The lowest BCUT2D eigenvalue weighted by molar-refractivity contribution is -0.385. The average molecular weight is 314 g/mol. The summed E-state index contributed by atoms with van der Waals surface area (Å²) in [5.41, 5.74) is 0.0700. The van der Waals surface area contributed by atoms with Crippen molar-refractivity contribution in [2.24, 2.45) is 0 Å². The maximum atomic E-state index is 10.9. The van der Waals surface area contributed by atoms with Crippen LogP contribution in [-0.2, 0) is 0 Å². The third-order valence-corrected chi connectivity index (χ3v) is 3.25. The van der Waals surface area contributed by atoms with Crippen LogP contribution in [-0.4, -0.2) is 31.2 Å². The standard InChI is InChI=1S/C15H14N4O4/c1-18(13-8-10(22-2)4-6-14(13)23-3)15-7-5-12(19(20)21)11(9-16)17-15/h4-8H,1-3H3. The Labute approximate surface area is 132 Å². The Hall–Kier alpha value is -3.34. The summed E-state index contributed by atoms with van der Waals surface area (Å²) in [6.45, 7) is 0. The highest BCUT2D eigenvalue weighted by Crippen LogP contribution is 2.35. The van der Waals surface area contributed by atoms with Gasteiger partial charge in [0.15, 0.2) is 0 Å². The van der Waals surface area contributed by atoms with Gasteiger partial charge in [0.2, 0.25) is 5.69 Å². The van der Waals surface area contributed by atoms with Gasteiger partial charge in [-0.25, -0.2) is 4.98 Å². The Bertz CT molecular complexity index is 786. The molecule has 1 heterocycles. The lowest BCUT2D eigenvalue weighted by Gasteiger charge is -2.21. The number of aromatic nitrogens is 1. The molecule has 0 fully saturated rings. The second kappa shape index (κ2) is 6.62. The van der Waals surface area contributed by atoms with Crippen LogP contribution in [0.4, 0.5) is 17.2 Å². The lowest BCUT2D eigenvalue weighted by Crippen LogP contribution is -2.13. The Balaban J connectivity index is 2.51. The van der Waals surface area contributed by atoms with E-state index in [1.807, 2.05) is 0 Å². The molecule has 0 atom stereocenters. The van der Waals surface area contributed by atoms with E-state index in [2.05, 4.69) is 4.98 Å². The first-order chi connectivity index (χ1) is 11.0. The molecule has 0 aliphatic heterocycles. The number of nitrogens with zero attached hydrogens (tertiary/aromatic N) is 4. The van der Waals surface area contributed by atoms with Gasteiger partial charge in [0.25, 0.3) is 0 Å². The van der Waals surface area contributed by atoms with Gasteiger partial charge < -0.3 is 14.4 Å². The van der Waals surface area contributed by atoms with Crippen molar-refractivity contribution in [2.45, 2.75) is 0 Å². The fourth-order valence-corrected chi connectivity index (χ4v) is 2.04. The number of ether oxygens (including phenoxy) is 2. The summed E-state index contributed by atoms with van der Waals surface area (Å²) >= 11 is 0. The van der Waals surface area contributed by atoms with Crippen LogP contribution in [0.2, 0.25) is 0 Å². The molecule has 0 spiro atoms. The summed E-state index contributed by atoms with van der Waals surface area (Å²) in [6, 6.07) is 9.70. The van der Waals surface area contributed by atoms with Gasteiger partial charge in [0.1, 0.15) is 23.4 Å². The predicted octanol–water partition coefficient (Wildman–Crippen LogP) is 2.65. The van der Waals surface area contributed by atoms with Gasteiger partial charge in [0.05, 0.1) is 24.8 Å². The summed E-state index contributed by atoms with van der Waals surface area (Å²) in [6.07, 6.45) is 0. The van der Waals surface area contributed by atoms with Crippen LogP contribution in [0.3, 0.4) is 0 Å². The monoisotopic (exact) mass is 314 g/mol. The first-order valence-electron chi connectivity index (χ1n) is 6.53. The molecule has 0 saturated carbocycles. The molecule has 0 aliphatic rings. The van der Waals surface area contributed by atoms with Gasteiger partial charge in [-0.15, -0.1) is 0 Å². The molecule has 0 aliphatic carbocycles. The van der Waals surface area contributed by atoms with Gasteiger partial charge in [-0.1, -0.05) is 0 Å². The maximum absolute atomic E-state index is 10.9. The highest BCUT2D eigenvalue weighted by molar-refractivity contribution is 5.69. The molecule has 2 rings (SSSR count). The molecule has 0 radical (unpaired) electrons. The first-order valence-corrected chi connectivity index (χ1v) is 6.53. The van der Waals surface area contributed by atoms with Crippen LogP contribution >= 0.6 is 0 Å². The molecular weight excluding hydrogens is 300 g/mol. The molecule has 1 aromatic carbocycles. The van der Waals surface area contributed by atoms with Crippen LogP contribution in [0.25, 0.3) is 0 Å². The van der Waals surface area contributed by atoms with Crippen LogP contribution in [0.1, 0.15) is 5.69 Å². The van der Waals surface area contributed by atoms with Gasteiger partial charge in [0, 0.05) is 19.2 Å². The Kier molecular flexibility index (Phi) is 4.61. The van der Waals surface area contributed by atoms with Gasteiger partial charge in [-0.2, -0.15) is 5.26 Å². The molecule has 8 heteroatoms. The normalized spacial score (nSPS) is 9.83. The zero-order valence-electron chi connectivity index (χ0n) is 12.8. The molecule has 118 valence electrons. The molecule has 1 aromatic heterocycles. The van der Waals surface area contributed by atoms with E-state index in [0.717, 1.165) is 0 Å². The average Bonchev–Trinajstić information content (AvgIpc) is 2.59. The van der Waals surface area contributed by atoms with Gasteiger partial charge in [-0.05, 0) is 18.2 Å². The van der Waals surface area contributed by atoms with Crippen LogP contribution in [0.5, 0.6) is 11.5 Å². The van der Waals surface area contributed by atoms with E-state index in [9.17, 15) is 10.1 Å². The van der Waals surface area contributed by atoms with E-state index in [1.54, 1.807) is 43.3 Å². The SMILES string of the molecule is COc1ccc(OC)c(N(C)c2ccc([N+](=O)[O-])c(C#N)n2)c1. The van der Waals surface area contributed by atoms with Gasteiger partial charge in [-0.3, -0.25) is 10.1 Å². The second-order valence-corrected chi connectivity index (χ2v) is 4.50. The minimum atomic E-state index is -0.637. The lowest BCUT2D eigenvalue weighted by atomic mass is 10.2.